The van der Waals surface area contributed by atoms with Crippen LogP contribution in [0.4, 0.5) is 10.5 Å². The molecule has 8 heteroatoms. The van der Waals surface area contributed by atoms with E-state index >= 15 is 0 Å². The van der Waals surface area contributed by atoms with E-state index in [4.69, 9.17) is 4.74 Å². The van der Waals surface area contributed by atoms with Crippen LogP contribution in [0.3, 0.4) is 0 Å². The normalized spacial score (nSPS) is 17.3. The predicted molar refractivity (Wildman–Crippen MR) is 113 cm³/mol. The zero-order valence-electron chi connectivity index (χ0n) is 18.3. The Kier molecular flexibility index (Phi) is 7.59. The van der Waals surface area contributed by atoms with Gasteiger partial charge in [0.25, 0.3) is 11.8 Å². The molecule has 1 fully saturated rings. The van der Waals surface area contributed by atoms with Crippen molar-refractivity contribution in [3.8, 4) is 0 Å². The van der Waals surface area contributed by atoms with Crippen molar-refractivity contribution in [1.82, 2.24) is 10.2 Å². The van der Waals surface area contributed by atoms with Crippen molar-refractivity contribution < 1.29 is 23.9 Å². The van der Waals surface area contributed by atoms with Crippen LogP contribution in [0.5, 0.6) is 0 Å². The van der Waals surface area contributed by atoms with Crippen molar-refractivity contribution in [2.45, 2.75) is 71.4 Å². The molecule has 0 spiro atoms. The summed E-state index contributed by atoms with van der Waals surface area (Å²) < 4.78 is 5.18. The molecule has 0 aliphatic carbocycles. The van der Waals surface area contributed by atoms with Gasteiger partial charge < -0.3 is 15.4 Å². The van der Waals surface area contributed by atoms with Crippen molar-refractivity contribution in [1.29, 1.82) is 0 Å². The van der Waals surface area contributed by atoms with Crippen molar-refractivity contribution in [3.63, 3.8) is 0 Å². The molecule has 1 aliphatic rings. The first-order chi connectivity index (χ1) is 14.2. The Labute approximate surface area is 177 Å². The molecule has 1 aromatic rings. The number of benzene rings is 1. The number of nitrogens with one attached hydrogen (secondary N) is 2. The van der Waals surface area contributed by atoms with Crippen LogP contribution >= 0.6 is 0 Å². The van der Waals surface area contributed by atoms with Crippen LogP contribution in [0, 0.1) is 0 Å². The van der Waals surface area contributed by atoms with Crippen LogP contribution in [0.1, 0.15) is 65.4 Å². The molecule has 0 aromatic heterocycles. The molecule has 4 amide bonds. The zero-order valence-corrected chi connectivity index (χ0v) is 18.3. The lowest BCUT2D eigenvalue weighted by molar-refractivity contribution is -0.155. The number of anilines is 1. The van der Waals surface area contributed by atoms with Gasteiger partial charge in [0.2, 0.25) is 0 Å². The lowest BCUT2D eigenvalue weighted by atomic mass is 9.93. The predicted octanol–water partition coefficient (Wildman–Crippen LogP) is 3.18. The third kappa shape index (κ3) is 4.80. The van der Waals surface area contributed by atoms with Crippen molar-refractivity contribution in [3.05, 3.63) is 29.8 Å². The Hall–Kier alpha value is -2.90. The standard InChI is InChI=1S/C22H31N3O5/c1-6-14(4)16-11-9-10-12-17(16)23-19(27)15(5)30-18(26)13-25-20(28)22(7-2,8-3)24-21(25)29/h9-12,14-15H,6-8,13H2,1-5H3,(H,23,27)(H,24,29)/t14-,15-/m1/s1. The summed E-state index contributed by atoms with van der Waals surface area (Å²) in [7, 11) is 0. The molecule has 8 nitrogen and oxygen atoms in total. The average Bonchev–Trinajstić information content (AvgIpc) is 2.98. The molecule has 2 atom stereocenters. The molecule has 1 saturated heterocycles. The van der Waals surface area contributed by atoms with E-state index in [1.54, 1.807) is 19.9 Å². The van der Waals surface area contributed by atoms with E-state index in [1.165, 1.54) is 6.92 Å². The van der Waals surface area contributed by atoms with E-state index in [2.05, 4.69) is 24.5 Å². The van der Waals surface area contributed by atoms with Crippen molar-refractivity contribution >= 4 is 29.5 Å². The van der Waals surface area contributed by atoms with E-state index in [0.29, 0.717) is 18.5 Å². The van der Waals surface area contributed by atoms with E-state index in [-0.39, 0.29) is 5.92 Å². The van der Waals surface area contributed by atoms with E-state index in [1.807, 2.05) is 18.2 Å². The van der Waals surface area contributed by atoms with Gasteiger partial charge in [-0.05, 0) is 43.7 Å². The zero-order chi connectivity index (χ0) is 22.5. The second kappa shape index (κ2) is 9.73. The second-order valence-corrected chi connectivity index (χ2v) is 7.63. The number of rotatable bonds is 9. The van der Waals surface area contributed by atoms with Crippen LogP contribution < -0.4 is 10.6 Å². The van der Waals surface area contributed by atoms with E-state index in [0.717, 1.165) is 16.9 Å². The summed E-state index contributed by atoms with van der Waals surface area (Å²) in [5.41, 5.74) is 0.686. The minimum atomic E-state index is -1.08. The number of hydrogen-bond donors (Lipinski definition) is 2. The van der Waals surface area contributed by atoms with Crippen molar-refractivity contribution in [2.75, 3.05) is 11.9 Å². The van der Waals surface area contributed by atoms with Crippen LogP contribution in [0.15, 0.2) is 24.3 Å². The Balaban J connectivity index is 1.99. The van der Waals surface area contributed by atoms with Gasteiger partial charge in [-0.25, -0.2) is 4.79 Å². The molecule has 30 heavy (non-hydrogen) atoms. The summed E-state index contributed by atoms with van der Waals surface area (Å²) in [6.07, 6.45) is 0.688. The van der Waals surface area contributed by atoms with Gasteiger partial charge in [0.1, 0.15) is 12.1 Å². The topological polar surface area (TPSA) is 105 Å². The summed E-state index contributed by atoms with van der Waals surface area (Å²) in [6.45, 7) is 8.65. The Morgan fingerprint density at radius 1 is 1.13 bits per heavy atom. The number of carbonyl (C=O) groups excluding carboxylic acids is 4. The van der Waals surface area contributed by atoms with Gasteiger partial charge in [-0.3, -0.25) is 19.3 Å². The number of nitrogens with zero attached hydrogens (tertiary/aromatic N) is 1. The summed E-state index contributed by atoms with van der Waals surface area (Å²) in [6, 6.07) is 6.86. The third-order valence-corrected chi connectivity index (χ3v) is 5.78. The number of ether oxygens (including phenoxy) is 1. The number of para-hydroxylation sites is 1. The Bertz CT molecular complexity index is 819. The summed E-state index contributed by atoms with van der Waals surface area (Å²) in [5.74, 6) is -1.49. The van der Waals surface area contributed by atoms with Crippen LogP contribution in [0.2, 0.25) is 0 Å². The van der Waals surface area contributed by atoms with Gasteiger partial charge in [0.15, 0.2) is 6.10 Å². The smallest absolute Gasteiger partial charge is 0.327 e. The maximum Gasteiger partial charge on any atom is 0.327 e. The number of hydrogen-bond acceptors (Lipinski definition) is 5. The van der Waals surface area contributed by atoms with Crippen LogP contribution in [-0.2, 0) is 19.1 Å². The summed E-state index contributed by atoms with van der Waals surface area (Å²) in [5, 5.41) is 5.45. The monoisotopic (exact) mass is 417 g/mol. The number of amides is 4. The first kappa shape index (κ1) is 23.4. The fourth-order valence-electron chi connectivity index (χ4n) is 3.46. The molecular formula is C22H31N3O5. The fraction of sp³-hybridized carbons (Fsp3) is 0.545. The molecule has 1 heterocycles. The molecule has 0 bridgehead atoms. The minimum Gasteiger partial charge on any atom is -0.451 e. The molecule has 2 rings (SSSR count). The Morgan fingerprint density at radius 3 is 2.33 bits per heavy atom. The van der Waals surface area contributed by atoms with Crippen LogP contribution in [-0.4, -0.2) is 46.9 Å². The lowest BCUT2D eigenvalue weighted by Crippen LogP contribution is -2.46. The number of urea groups is 1. The van der Waals surface area contributed by atoms with E-state index < -0.39 is 42.0 Å². The highest BCUT2D eigenvalue weighted by Gasteiger charge is 2.49. The van der Waals surface area contributed by atoms with Gasteiger partial charge in [-0.1, -0.05) is 45.9 Å². The van der Waals surface area contributed by atoms with Gasteiger partial charge in [0, 0.05) is 5.69 Å². The molecule has 0 unspecified atom stereocenters. The summed E-state index contributed by atoms with van der Waals surface area (Å²) >= 11 is 0. The average molecular weight is 418 g/mol. The largest absolute Gasteiger partial charge is 0.451 e. The highest BCUT2D eigenvalue weighted by Crippen LogP contribution is 2.27. The maximum absolute atomic E-state index is 12.6. The first-order valence-corrected chi connectivity index (χ1v) is 10.4. The second-order valence-electron chi connectivity index (χ2n) is 7.63. The highest BCUT2D eigenvalue weighted by molar-refractivity contribution is 6.08. The number of esters is 1. The quantitative estimate of drug-likeness (QED) is 0.474. The molecule has 1 aliphatic heterocycles. The lowest BCUT2D eigenvalue weighted by Gasteiger charge is -2.23. The minimum absolute atomic E-state index is 0.261. The fourth-order valence-corrected chi connectivity index (χ4v) is 3.46. The molecular weight excluding hydrogens is 386 g/mol. The van der Waals surface area contributed by atoms with Gasteiger partial charge >= 0.3 is 12.0 Å². The number of imide groups is 1. The summed E-state index contributed by atoms with van der Waals surface area (Å²) in [4.78, 5) is 50.4. The van der Waals surface area contributed by atoms with Gasteiger partial charge in [0.05, 0.1) is 0 Å². The molecule has 164 valence electrons. The molecule has 0 radical (unpaired) electrons. The molecule has 1 aromatic carbocycles. The SMILES string of the molecule is CC[C@@H](C)c1ccccc1NC(=O)[C@@H](C)OC(=O)CN1C(=O)NC(CC)(CC)C1=O. The van der Waals surface area contributed by atoms with Crippen LogP contribution in [0.25, 0.3) is 0 Å². The first-order valence-electron chi connectivity index (χ1n) is 10.4. The molecule has 0 saturated carbocycles. The number of carbonyl (C=O) groups is 4. The van der Waals surface area contributed by atoms with E-state index in [9.17, 15) is 19.2 Å². The maximum atomic E-state index is 12.6. The van der Waals surface area contributed by atoms with Gasteiger partial charge in [-0.2, -0.15) is 0 Å². The third-order valence-electron chi connectivity index (χ3n) is 5.78. The Morgan fingerprint density at radius 2 is 1.77 bits per heavy atom. The highest BCUT2D eigenvalue weighted by atomic mass is 16.5. The van der Waals surface area contributed by atoms with Gasteiger partial charge in [-0.15, -0.1) is 0 Å². The van der Waals surface area contributed by atoms with Crippen molar-refractivity contribution in [2.24, 2.45) is 0 Å². The molecule has 2 N–H and O–H groups in total.